The minimum Gasteiger partial charge on any atom is -0.493 e. The molecule has 1 fully saturated rings. The first-order chi connectivity index (χ1) is 25.5. The van der Waals surface area contributed by atoms with E-state index >= 15 is 0 Å². The van der Waals surface area contributed by atoms with E-state index in [1.54, 1.807) is 13.8 Å². The summed E-state index contributed by atoms with van der Waals surface area (Å²) in [6.07, 6.45) is 9.99. The third-order valence-corrected chi connectivity index (χ3v) is 10.7. The predicted molar refractivity (Wildman–Crippen MR) is 213 cm³/mol. The van der Waals surface area contributed by atoms with E-state index in [-0.39, 0.29) is 26.4 Å². The third kappa shape index (κ3) is 11.6. The normalized spacial score (nSPS) is 13.4. The van der Waals surface area contributed by atoms with E-state index in [1.807, 2.05) is 6.92 Å². The average Bonchev–Trinajstić information content (AvgIpc) is 3.17. The lowest BCUT2D eigenvalue weighted by atomic mass is 9.83. The first kappa shape index (κ1) is 41.6. The molecule has 1 aliphatic carbocycles. The highest BCUT2D eigenvalue weighted by atomic mass is 16.5. The molecule has 2 N–H and O–H groups in total. The Labute approximate surface area is 317 Å². The second-order valence-corrected chi connectivity index (χ2v) is 14.9. The van der Waals surface area contributed by atoms with Crippen molar-refractivity contribution in [1.82, 2.24) is 0 Å². The molecule has 0 radical (unpaired) electrons. The van der Waals surface area contributed by atoms with E-state index in [4.69, 9.17) is 14.2 Å². The number of ether oxygens (including phenoxy) is 3. The molecule has 0 spiro atoms. The van der Waals surface area contributed by atoms with Crippen LogP contribution < -0.4 is 4.74 Å². The molecule has 0 unspecified atom stereocenters. The quantitative estimate of drug-likeness (QED) is 0.0680. The fourth-order valence-electron chi connectivity index (χ4n) is 7.10. The van der Waals surface area contributed by atoms with Gasteiger partial charge in [0.25, 0.3) is 0 Å². The lowest BCUT2D eigenvalue weighted by Gasteiger charge is -2.28. The number of carbonyl (C=O) groups excluding carboxylic acids is 2. The lowest BCUT2D eigenvalue weighted by Crippen LogP contribution is -2.31. The lowest BCUT2D eigenvalue weighted by molar-refractivity contribution is -0.139. The highest BCUT2D eigenvalue weighted by Crippen LogP contribution is 2.38. The first-order valence-electron chi connectivity index (χ1n) is 19.4. The Morgan fingerprint density at radius 1 is 0.755 bits per heavy atom. The Morgan fingerprint density at radius 2 is 1.30 bits per heavy atom. The minimum absolute atomic E-state index is 0.135. The van der Waals surface area contributed by atoms with E-state index in [2.05, 4.69) is 74.7 Å². The monoisotopic (exact) mass is 724 g/mol. The number of aliphatic hydroxyl groups is 2. The highest BCUT2D eigenvalue weighted by Gasteiger charge is 2.27. The van der Waals surface area contributed by atoms with Gasteiger partial charge in [-0.25, -0.2) is 9.59 Å². The van der Waals surface area contributed by atoms with Crippen molar-refractivity contribution in [3.63, 3.8) is 0 Å². The number of aryl methyl sites for hydroxylation is 3. The van der Waals surface area contributed by atoms with Gasteiger partial charge in [-0.15, -0.1) is 0 Å². The van der Waals surface area contributed by atoms with Crippen molar-refractivity contribution >= 4 is 11.9 Å². The second-order valence-electron chi connectivity index (χ2n) is 14.9. The van der Waals surface area contributed by atoms with Crippen molar-refractivity contribution in [2.24, 2.45) is 5.41 Å². The van der Waals surface area contributed by atoms with Crippen LogP contribution in [0.3, 0.4) is 0 Å². The van der Waals surface area contributed by atoms with Gasteiger partial charge in [0, 0.05) is 16.6 Å². The molecular formula is C46H60O7. The van der Waals surface area contributed by atoms with Gasteiger partial charge < -0.3 is 24.4 Å². The highest BCUT2D eigenvalue weighted by molar-refractivity contribution is 5.87. The van der Waals surface area contributed by atoms with Crippen LogP contribution in [0, 0.1) is 12.3 Å². The van der Waals surface area contributed by atoms with Gasteiger partial charge in [0.15, 0.2) is 0 Å². The molecule has 0 amide bonds. The third-order valence-electron chi connectivity index (χ3n) is 10.7. The van der Waals surface area contributed by atoms with Crippen molar-refractivity contribution in [3.05, 3.63) is 101 Å². The Hall–Kier alpha value is -4.20. The van der Waals surface area contributed by atoms with E-state index in [0.29, 0.717) is 62.2 Å². The maximum atomic E-state index is 12.1. The van der Waals surface area contributed by atoms with Crippen LogP contribution in [0.2, 0.25) is 0 Å². The van der Waals surface area contributed by atoms with Crippen LogP contribution in [-0.2, 0) is 31.9 Å². The van der Waals surface area contributed by atoms with Crippen LogP contribution in [0.1, 0.15) is 107 Å². The Kier molecular flexibility index (Phi) is 15.9. The fourth-order valence-corrected chi connectivity index (χ4v) is 7.10. The summed E-state index contributed by atoms with van der Waals surface area (Å²) in [5.74, 6) is 0.582. The van der Waals surface area contributed by atoms with Gasteiger partial charge in [0.05, 0.1) is 33.0 Å². The van der Waals surface area contributed by atoms with Crippen molar-refractivity contribution in [1.29, 1.82) is 0 Å². The summed E-state index contributed by atoms with van der Waals surface area (Å²) in [6.45, 7) is 15.2. The molecule has 3 aromatic rings. The summed E-state index contributed by atoms with van der Waals surface area (Å²) in [6, 6.07) is 20.0. The number of aliphatic hydroxyl groups excluding tert-OH is 2. The van der Waals surface area contributed by atoms with E-state index < -0.39 is 17.4 Å². The van der Waals surface area contributed by atoms with Crippen LogP contribution in [0.5, 0.6) is 5.75 Å². The first-order valence-corrected chi connectivity index (χ1v) is 19.4. The van der Waals surface area contributed by atoms with Crippen LogP contribution in [0.15, 0.2) is 78.9 Å². The molecule has 0 aromatic heterocycles. The van der Waals surface area contributed by atoms with Crippen LogP contribution >= 0.6 is 0 Å². The number of benzene rings is 3. The smallest absolute Gasteiger partial charge is 0.333 e. The molecule has 0 atom stereocenters. The van der Waals surface area contributed by atoms with Gasteiger partial charge in [-0.1, -0.05) is 81.8 Å². The number of rotatable bonds is 20. The molecule has 1 saturated carbocycles. The number of esters is 2. The maximum absolute atomic E-state index is 12.1. The zero-order valence-electron chi connectivity index (χ0n) is 32.4. The molecule has 0 bridgehead atoms. The topological polar surface area (TPSA) is 102 Å². The summed E-state index contributed by atoms with van der Waals surface area (Å²) >= 11 is 0. The minimum atomic E-state index is -0.636. The summed E-state index contributed by atoms with van der Waals surface area (Å²) in [4.78, 5) is 24.2. The van der Waals surface area contributed by atoms with Crippen molar-refractivity contribution < 1.29 is 34.0 Å². The van der Waals surface area contributed by atoms with Crippen molar-refractivity contribution in [2.75, 3.05) is 33.0 Å². The summed E-state index contributed by atoms with van der Waals surface area (Å²) in [5, 5.41) is 20.1. The van der Waals surface area contributed by atoms with Crippen LogP contribution in [0.25, 0.3) is 22.3 Å². The summed E-state index contributed by atoms with van der Waals surface area (Å²) in [5.41, 5.74) is 9.14. The van der Waals surface area contributed by atoms with E-state index in [9.17, 15) is 19.8 Å². The van der Waals surface area contributed by atoms with E-state index in [0.717, 1.165) is 33.6 Å². The SMILES string of the molecule is C=C(C)C(=O)OCCCc1cc(-c2ccc(-c3ccc(C4CCCCC4)cc3)cc2C)cc(CCCOC(=O)C(=C)C)c1OCCC(CC)(CO)CO. The van der Waals surface area contributed by atoms with Crippen molar-refractivity contribution in [2.45, 2.75) is 104 Å². The molecule has 3 aromatic carbocycles. The molecule has 4 rings (SSSR count). The van der Waals surface area contributed by atoms with Gasteiger partial charge in [-0.3, -0.25) is 0 Å². The number of hydrogen-bond donors (Lipinski definition) is 2. The average molecular weight is 725 g/mol. The zero-order chi connectivity index (χ0) is 38.4. The summed E-state index contributed by atoms with van der Waals surface area (Å²) in [7, 11) is 0. The number of carbonyl (C=O) groups is 2. The Morgan fingerprint density at radius 3 is 1.79 bits per heavy atom. The molecule has 7 heteroatoms. The van der Waals surface area contributed by atoms with Gasteiger partial charge in [-0.05, 0) is 135 Å². The summed E-state index contributed by atoms with van der Waals surface area (Å²) < 4.78 is 17.4. The molecule has 286 valence electrons. The molecular weight excluding hydrogens is 664 g/mol. The molecule has 0 aliphatic heterocycles. The fraction of sp³-hybridized carbons (Fsp3) is 0.478. The van der Waals surface area contributed by atoms with E-state index in [1.165, 1.54) is 48.8 Å². The largest absolute Gasteiger partial charge is 0.493 e. The molecule has 53 heavy (non-hydrogen) atoms. The molecule has 7 nitrogen and oxygen atoms in total. The molecule has 0 heterocycles. The Balaban J connectivity index is 1.67. The van der Waals surface area contributed by atoms with Gasteiger partial charge in [-0.2, -0.15) is 0 Å². The van der Waals surface area contributed by atoms with Gasteiger partial charge in [0.2, 0.25) is 0 Å². The van der Waals surface area contributed by atoms with Crippen LogP contribution in [-0.4, -0.2) is 55.2 Å². The van der Waals surface area contributed by atoms with Gasteiger partial charge in [0.1, 0.15) is 5.75 Å². The second kappa shape index (κ2) is 20.3. The van der Waals surface area contributed by atoms with Crippen LogP contribution in [0.4, 0.5) is 0 Å². The maximum Gasteiger partial charge on any atom is 0.333 e. The Bertz CT molecular complexity index is 1630. The van der Waals surface area contributed by atoms with Gasteiger partial charge >= 0.3 is 11.9 Å². The standard InChI is InChI=1S/C46H60O7/c1-7-46(30-47,31-48)23-26-51-43-39(15-11-24-52-44(49)32(2)3)28-41(29-40(43)16-12-25-53-45(50)33(4)5)42-22-21-38(27-34(42)6)37-19-17-36(18-20-37)35-13-9-8-10-14-35/h17-22,27-29,35,47-48H,2,4,7-16,23-26,30-31H2,1,3,5-6H3. The predicted octanol–water partition coefficient (Wildman–Crippen LogP) is 9.63. The molecule has 1 aliphatic rings. The number of hydrogen-bond acceptors (Lipinski definition) is 7. The van der Waals surface area contributed by atoms with Crippen molar-refractivity contribution in [3.8, 4) is 28.0 Å². The molecule has 0 saturated heterocycles. The zero-order valence-corrected chi connectivity index (χ0v) is 32.4.